The number of hydrogen-bond acceptors (Lipinski definition) is 3. The molecule has 3 aromatic carbocycles. The lowest BCUT2D eigenvalue weighted by Crippen LogP contribution is -2.27. The van der Waals surface area contributed by atoms with Crippen LogP contribution in [0.1, 0.15) is 15.9 Å². The highest BCUT2D eigenvalue weighted by Gasteiger charge is 2.16. The first-order chi connectivity index (χ1) is 13.5. The number of carboxylic acids is 1. The van der Waals surface area contributed by atoms with E-state index >= 15 is 0 Å². The Hall–Kier alpha value is -3.57. The van der Waals surface area contributed by atoms with Crippen LogP contribution in [0, 0.1) is 0 Å². The van der Waals surface area contributed by atoms with E-state index in [1.165, 1.54) is 18.2 Å². The maximum atomic E-state index is 12.3. The van der Waals surface area contributed by atoms with Gasteiger partial charge < -0.3 is 15.5 Å². The van der Waals surface area contributed by atoms with Crippen molar-refractivity contribution in [2.24, 2.45) is 0 Å². The average molecular weight is 394 g/mol. The molecule has 6 heteroatoms. The lowest BCUT2D eigenvalue weighted by Gasteiger charge is -2.09. The van der Waals surface area contributed by atoms with Crippen LogP contribution in [0.2, 0.25) is 5.02 Å². The summed E-state index contributed by atoms with van der Waals surface area (Å²) in [5.41, 5.74) is 1.88. The van der Waals surface area contributed by atoms with Crippen LogP contribution in [0.3, 0.4) is 0 Å². The zero-order valence-electron chi connectivity index (χ0n) is 14.6. The molecule has 0 aromatic heterocycles. The molecule has 0 spiro atoms. The first kappa shape index (κ1) is 19.2. The van der Waals surface area contributed by atoms with Gasteiger partial charge in [0.2, 0.25) is 0 Å². The molecule has 140 valence electrons. The number of carbonyl (C=O) groups is 2. The van der Waals surface area contributed by atoms with Gasteiger partial charge >= 0.3 is 5.97 Å². The SMILES string of the molecule is O=C(O)/C(=C\c1cccc(-c2ccccc2Cl)c1)NC(=O)c1ccccc1O. The Morgan fingerprint density at radius 1 is 0.929 bits per heavy atom. The molecule has 0 saturated heterocycles. The average Bonchev–Trinajstić information content (AvgIpc) is 2.68. The summed E-state index contributed by atoms with van der Waals surface area (Å²) < 4.78 is 0. The molecule has 0 radical (unpaired) electrons. The molecule has 0 aliphatic rings. The van der Waals surface area contributed by atoms with Gasteiger partial charge in [-0.1, -0.05) is 60.1 Å². The van der Waals surface area contributed by atoms with Gasteiger partial charge in [-0.2, -0.15) is 0 Å². The summed E-state index contributed by atoms with van der Waals surface area (Å²) in [7, 11) is 0. The van der Waals surface area contributed by atoms with Crippen LogP contribution in [-0.4, -0.2) is 22.1 Å². The van der Waals surface area contributed by atoms with Gasteiger partial charge in [0.15, 0.2) is 0 Å². The van der Waals surface area contributed by atoms with E-state index < -0.39 is 11.9 Å². The summed E-state index contributed by atoms with van der Waals surface area (Å²) in [5, 5.41) is 22.1. The molecule has 0 unspecified atom stereocenters. The fourth-order valence-corrected chi connectivity index (χ4v) is 2.91. The largest absolute Gasteiger partial charge is 0.507 e. The summed E-state index contributed by atoms with van der Waals surface area (Å²) >= 11 is 6.23. The molecular formula is C22H16ClNO4. The van der Waals surface area contributed by atoms with Gasteiger partial charge in [-0.15, -0.1) is 0 Å². The van der Waals surface area contributed by atoms with Crippen molar-refractivity contribution >= 4 is 29.6 Å². The van der Waals surface area contributed by atoms with E-state index in [1.807, 2.05) is 24.3 Å². The number of nitrogens with one attached hydrogen (secondary N) is 1. The van der Waals surface area contributed by atoms with E-state index in [0.29, 0.717) is 10.6 Å². The van der Waals surface area contributed by atoms with Gasteiger partial charge in [0.1, 0.15) is 11.4 Å². The van der Waals surface area contributed by atoms with Gasteiger partial charge in [-0.3, -0.25) is 4.79 Å². The van der Waals surface area contributed by atoms with Gasteiger partial charge in [0, 0.05) is 10.6 Å². The predicted octanol–water partition coefficient (Wildman–Crippen LogP) is 4.57. The molecule has 0 bridgehead atoms. The molecule has 0 saturated carbocycles. The molecule has 0 aliphatic carbocycles. The number of amides is 1. The van der Waals surface area contributed by atoms with Crippen molar-refractivity contribution in [3.8, 4) is 16.9 Å². The Labute approximate surface area is 166 Å². The van der Waals surface area contributed by atoms with Crippen LogP contribution in [0.25, 0.3) is 17.2 Å². The Morgan fingerprint density at radius 3 is 2.36 bits per heavy atom. The smallest absolute Gasteiger partial charge is 0.352 e. The Morgan fingerprint density at radius 2 is 1.64 bits per heavy atom. The van der Waals surface area contributed by atoms with Crippen LogP contribution >= 0.6 is 11.6 Å². The fourth-order valence-electron chi connectivity index (χ4n) is 2.66. The Bertz CT molecular complexity index is 1080. The summed E-state index contributed by atoms with van der Waals surface area (Å²) in [6.45, 7) is 0. The molecule has 5 nitrogen and oxygen atoms in total. The highest BCUT2D eigenvalue weighted by Crippen LogP contribution is 2.28. The third-order valence-electron chi connectivity index (χ3n) is 4.01. The van der Waals surface area contributed by atoms with Crippen molar-refractivity contribution in [1.82, 2.24) is 5.32 Å². The van der Waals surface area contributed by atoms with Gasteiger partial charge in [0.05, 0.1) is 5.56 Å². The number of phenolic OH excluding ortho intramolecular Hbond substituents is 1. The zero-order chi connectivity index (χ0) is 20.1. The van der Waals surface area contributed by atoms with E-state index in [-0.39, 0.29) is 17.0 Å². The number of phenols is 1. The lowest BCUT2D eigenvalue weighted by atomic mass is 10.0. The highest BCUT2D eigenvalue weighted by molar-refractivity contribution is 6.33. The summed E-state index contributed by atoms with van der Waals surface area (Å²) in [5.74, 6) is -2.24. The standard InChI is InChI=1S/C22H16ClNO4/c23-18-10-3-1-8-16(18)15-7-5-6-14(12-15)13-19(22(27)28)24-21(26)17-9-2-4-11-20(17)25/h1-13,25H,(H,24,26)(H,27,28)/b19-13+. The van der Waals surface area contributed by atoms with Crippen molar-refractivity contribution in [2.75, 3.05) is 0 Å². The zero-order valence-corrected chi connectivity index (χ0v) is 15.4. The third-order valence-corrected chi connectivity index (χ3v) is 4.34. The maximum Gasteiger partial charge on any atom is 0.352 e. The van der Waals surface area contributed by atoms with Crippen LogP contribution in [-0.2, 0) is 4.79 Å². The molecule has 0 fully saturated rings. The number of carbonyl (C=O) groups excluding carboxylic acids is 1. The summed E-state index contributed by atoms with van der Waals surface area (Å²) in [6.07, 6.45) is 1.35. The number of rotatable bonds is 5. The molecule has 28 heavy (non-hydrogen) atoms. The summed E-state index contributed by atoms with van der Waals surface area (Å²) in [4.78, 5) is 23.9. The quantitative estimate of drug-likeness (QED) is 0.554. The fraction of sp³-hybridized carbons (Fsp3) is 0. The third kappa shape index (κ3) is 4.39. The minimum Gasteiger partial charge on any atom is -0.507 e. The molecule has 0 aliphatic heterocycles. The minimum absolute atomic E-state index is 0.0144. The maximum absolute atomic E-state index is 12.3. The second-order valence-electron chi connectivity index (χ2n) is 5.94. The first-order valence-electron chi connectivity index (χ1n) is 8.35. The Kier molecular flexibility index (Phi) is 5.77. The van der Waals surface area contributed by atoms with Gasteiger partial charge in [-0.05, 0) is 41.5 Å². The number of aliphatic carboxylic acids is 1. The van der Waals surface area contributed by atoms with Crippen LogP contribution < -0.4 is 5.32 Å². The second kappa shape index (κ2) is 8.41. The molecule has 1 amide bonds. The van der Waals surface area contributed by atoms with E-state index in [4.69, 9.17) is 11.6 Å². The van der Waals surface area contributed by atoms with Gasteiger partial charge in [0.25, 0.3) is 5.91 Å². The van der Waals surface area contributed by atoms with Crippen LogP contribution in [0.5, 0.6) is 5.75 Å². The number of aromatic hydroxyl groups is 1. The molecule has 0 atom stereocenters. The number of para-hydroxylation sites is 1. The highest BCUT2D eigenvalue weighted by atomic mass is 35.5. The molecule has 0 heterocycles. The normalized spacial score (nSPS) is 11.1. The van der Waals surface area contributed by atoms with Crippen LogP contribution in [0.4, 0.5) is 0 Å². The topological polar surface area (TPSA) is 86.6 Å². The van der Waals surface area contributed by atoms with Crippen molar-refractivity contribution in [3.63, 3.8) is 0 Å². The van der Waals surface area contributed by atoms with E-state index in [2.05, 4.69) is 5.32 Å². The first-order valence-corrected chi connectivity index (χ1v) is 8.73. The lowest BCUT2D eigenvalue weighted by molar-refractivity contribution is -0.132. The van der Waals surface area contributed by atoms with Gasteiger partial charge in [-0.25, -0.2) is 4.79 Å². The van der Waals surface area contributed by atoms with Crippen LogP contribution in [0.15, 0.2) is 78.5 Å². The minimum atomic E-state index is -1.30. The number of halogens is 1. The molecular weight excluding hydrogens is 378 g/mol. The monoisotopic (exact) mass is 393 g/mol. The number of hydrogen-bond donors (Lipinski definition) is 3. The summed E-state index contributed by atoms with van der Waals surface area (Å²) in [6, 6.07) is 20.4. The van der Waals surface area contributed by atoms with Crippen molar-refractivity contribution < 1.29 is 19.8 Å². The number of carboxylic acid groups (broad SMARTS) is 1. The van der Waals surface area contributed by atoms with E-state index in [9.17, 15) is 19.8 Å². The van der Waals surface area contributed by atoms with Crippen molar-refractivity contribution in [3.05, 3.63) is 94.6 Å². The van der Waals surface area contributed by atoms with E-state index in [0.717, 1.165) is 11.1 Å². The molecule has 3 aromatic rings. The van der Waals surface area contributed by atoms with Crippen molar-refractivity contribution in [2.45, 2.75) is 0 Å². The number of benzene rings is 3. The molecule has 3 N–H and O–H groups in total. The Balaban J connectivity index is 1.92. The molecule has 3 rings (SSSR count). The predicted molar refractivity (Wildman–Crippen MR) is 108 cm³/mol. The second-order valence-corrected chi connectivity index (χ2v) is 6.35. The van der Waals surface area contributed by atoms with Crippen molar-refractivity contribution in [1.29, 1.82) is 0 Å². The van der Waals surface area contributed by atoms with E-state index in [1.54, 1.807) is 36.4 Å².